The monoisotopic (exact) mass is 358 g/mol. The highest BCUT2D eigenvalue weighted by Gasteiger charge is 2.48. The van der Waals surface area contributed by atoms with Crippen molar-refractivity contribution in [1.29, 1.82) is 0 Å². The van der Waals surface area contributed by atoms with E-state index in [9.17, 15) is 9.59 Å². The predicted octanol–water partition coefficient (Wildman–Crippen LogP) is 5.50. The summed E-state index contributed by atoms with van der Waals surface area (Å²) in [7, 11) is -1.87. The third-order valence-electron chi connectivity index (χ3n) is 5.45. The van der Waals surface area contributed by atoms with Gasteiger partial charge >= 0.3 is 0 Å². The number of benzene rings is 3. The SMILES string of the molecule is C[Si](C)(C)C(c1cccc2ccccc12)C1C(=O)c2ccccc2C1=O. The molecule has 0 aliphatic heterocycles. The maximum absolute atomic E-state index is 13.2. The Labute approximate surface area is 154 Å². The molecule has 4 rings (SSSR count). The van der Waals surface area contributed by atoms with Crippen LogP contribution in [0, 0.1) is 5.92 Å². The number of ketones is 2. The molecule has 0 spiro atoms. The fraction of sp³-hybridized carbons (Fsp3) is 0.217. The third-order valence-corrected chi connectivity index (χ3v) is 7.96. The Balaban J connectivity index is 1.93. The highest BCUT2D eigenvalue weighted by Crippen LogP contribution is 2.43. The molecule has 0 bridgehead atoms. The summed E-state index contributed by atoms with van der Waals surface area (Å²) in [5, 5.41) is 2.31. The lowest BCUT2D eigenvalue weighted by Gasteiger charge is -2.33. The minimum Gasteiger partial charge on any atom is -0.293 e. The van der Waals surface area contributed by atoms with Crippen LogP contribution in [0.5, 0.6) is 0 Å². The van der Waals surface area contributed by atoms with E-state index in [1.54, 1.807) is 12.1 Å². The quantitative estimate of drug-likeness (QED) is 0.458. The van der Waals surface area contributed by atoms with E-state index in [0.29, 0.717) is 11.1 Å². The number of carbonyl (C=O) groups excluding carboxylic acids is 2. The van der Waals surface area contributed by atoms with Gasteiger partial charge in [0.05, 0.1) is 14.0 Å². The molecule has 0 amide bonds. The number of Topliss-reactive ketones (excluding diaryl/α,β-unsaturated/α-hetero) is 2. The van der Waals surface area contributed by atoms with Crippen molar-refractivity contribution in [3.8, 4) is 0 Å². The summed E-state index contributed by atoms with van der Waals surface area (Å²) in [5.74, 6) is -0.609. The number of carbonyl (C=O) groups is 2. The van der Waals surface area contributed by atoms with Crippen LogP contribution in [0.4, 0.5) is 0 Å². The predicted molar refractivity (Wildman–Crippen MR) is 109 cm³/mol. The van der Waals surface area contributed by atoms with Gasteiger partial charge in [-0.2, -0.15) is 0 Å². The second-order valence-electron chi connectivity index (χ2n) is 8.16. The van der Waals surface area contributed by atoms with E-state index in [1.165, 1.54) is 0 Å². The minimum absolute atomic E-state index is 0.00837. The molecule has 0 fully saturated rings. The van der Waals surface area contributed by atoms with E-state index in [4.69, 9.17) is 0 Å². The van der Waals surface area contributed by atoms with E-state index < -0.39 is 14.0 Å². The molecule has 0 heterocycles. The molecular formula is C23H22O2Si. The van der Waals surface area contributed by atoms with Gasteiger partial charge in [-0.25, -0.2) is 0 Å². The summed E-state index contributed by atoms with van der Waals surface area (Å²) in [6, 6.07) is 21.8. The van der Waals surface area contributed by atoms with E-state index in [1.807, 2.05) is 30.3 Å². The Hall–Kier alpha value is -2.52. The summed E-state index contributed by atoms with van der Waals surface area (Å²) in [5.41, 5.74) is 2.28. The molecule has 26 heavy (non-hydrogen) atoms. The zero-order chi connectivity index (χ0) is 18.5. The molecule has 1 unspecified atom stereocenters. The molecule has 3 aromatic rings. The Kier molecular flexibility index (Phi) is 3.92. The number of hydrogen-bond acceptors (Lipinski definition) is 2. The summed E-state index contributed by atoms with van der Waals surface area (Å²) < 4.78 is 0. The first-order chi connectivity index (χ1) is 12.4. The summed E-state index contributed by atoms with van der Waals surface area (Å²) in [6.45, 7) is 6.76. The lowest BCUT2D eigenvalue weighted by Crippen LogP contribution is -2.40. The molecule has 0 aromatic heterocycles. The maximum atomic E-state index is 13.2. The number of fused-ring (bicyclic) bond motifs is 2. The van der Waals surface area contributed by atoms with Gasteiger partial charge in [-0.3, -0.25) is 9.59 Å². The van der Waals surface area contributed by atoms with Gasteiger partial charge in [0.1, 0.15) is 0 Å². The van der Waals surface area contributed by atoms with Gasteiger partial charge in [0.2, 0.25) is 0 Å². The van der Waals surface area contributed by atoms with E-state index >= 15 is 0 Å². The van der Waals surface area contributed by atoms with Gasteiger partial charge in [0.15, 0.2) is 11.6 Å². The van der Waals surface area contributed by atoms with Crippen molar-refractivity contribution in [2.45, 2.75) is 25.2 Å². The highest BCUT2D eigenvalue weighted by atomic mass is 28.3. The van der Waals surface area contributed by atoms with E-state index in [2.05, 4.69) is 43.9 Å². The van der Waals surface area contributed by atoms with Gasteiger partial charge in [0, 0.05) is 11.1 Å². The minimum atomic E-state index is -1.87. The molecule has 1 atom stereocenters. The zero-order valence-corrected chi connectivity index (χ0v) is 16.3. The summed E-state index contributed by atoms with van der Waals surface area (Å²) >= 11 is 0. The van der Waals surface area contributed by atoms with Gasteiger partial charge < -0.3 is 0 Å². The molecule has 0 radical (unpaired) electrons. The Morgan fingerprint density at radius 1 is 0.731 bits per heavy atom. The third kappa shape index (κ3) is 2.55. The van der Waals surface area contributed by atoms with Crippen LogP contribution in [0.25, 0.3) is 10.8 Å². The fourth-order valence-corrected chi connectivity index (χ4v) is 6.82. The molecule has 3 aromatic carbocycles. The van der Waals surface area contributed by atoms with Crippen molar-refractivity contribution in [2.24, 2.45) is 5.92 Å². The molecule has 130 valence electrons. The van der Waals surface area contributed by atoms with Crippen LogP contribution in [-0.2, 0) is 0 Å². The standard InChI is InChI=1S/C23H22O2Si/c1-26(2,3)23(19-14-8-10-15-9-4-5-11-16(15)19)20-21(24)17-12-6-7-13-18(17)22(20)25/h4-14,20,23H,1-3H3. The van der Waals surface area contributed by atoms with Gasteiger partial charge in [-0.15, -0.1) is 0 Å². The van der Waals surface area contributed by atoms with Gasteiger partial charge in [-0.1, -0.05) is 86.4 Å². The van der Waals surface area contributed by atoms with Crippen molar-refractivity contribution in [3.63, 3.8) is 0 Å². The highest BCUT2D eigenvalue weighted by molar-refractivity contribution is 6.78. The number of hydrogen-bond donors (Lipinski definition) is 0. The molecule has 0 saturated heterocycles. The van der Waals surface area contributed by atoms with Gasteiger partial charge in [0.25, 0.3) is 0 Å². The lowest BCUT2D eigenvalue weighted by molar-refractivity contribution is 0.0832. The van der Waals surface area contributed by atoms with E-state index in [-0.39, 0.29) is 17.1 Å². The molecule has 3 heteroatoms. The largest absolute Gasteiger partial charge is 0.293 e. The van der Waals surface area contributed by atoms with Crippen LogP contribution < -0.4 is 0 Å². The fourth-order valence-electron chi connectivity index (χ4n) is 4.34. The van der Waals surface area contributed by atoms with E-state index in [0.717, 1.165) is 16.3 Å². The number of rotatable bonds is 3. The van der Waals surface area contributed by atoms with Crippen LogP contribution in [0.2, 0.25) is 19.6 Å². The average molecular weight is 359 g/mol. The average Bonchev–Trinajstić information content (AvgIpc) is 2.87. The molecule has 1 aliphatic rings. The zero-order valence-electron chi connectivity index (χ0n) is 15.3. The van der Waals surface area contributed by atoms with Crippen molar-refractivity contribution in [3.05, 3.63) is 83.4 Å². The first-order valence-electron chi connectivity index (χ1n) is 9.04. The van der Waals surface area contributed by atoms with Crippen molar-refractivity contribution in [2.75, 3.05) is 0 Å². The smallest absolute Gasteiger partial charge is 0.174 e. The Bertz CT molecular complexity index is 989. The topological polar surface area (TPSA) is 34.1 Å². The molecule has 0 N–H and O–H groups in total. The second kappa shape index (κ2) is 6.03. The molecule has 2 nitrogen and oxygen atoms in total. The van der Waals surface area contributed by atoms with Crippen LogP contribution in [0.1, 0.15) is 31.8 Å². The maximum Gasteiger partial charge on any atom is 0.174 e. The van der Waals surface area contributed by atoms with Gasteiger partial charge in [-0.05, 0) is 21.9 Å². The van der Waals surface area contributed by atoms with Crippen LogP contribution in [0.3, 0.4) is 0 Å². The van der Waals surface area contributed by atoms with Crippen molar-refractivity contribution in [1.82, 2.24) is 0 Å². The summed E-state index contributed by atoms with van der Waals surface area (Å²) in [6.07, 6.45) is 0. The van der Waals surface area contributed by atoms with Crippen LogP contribution in [-0.4, -0.2) is 19.6 Å². The summed E-state index contributed by atoms with van der Waals surface area (Å²) in [4.78, 5) is 26.4. The molecular weight excluding hydrogens is 336 g/mol. The van der Waals surface area contributed by atoms with Crippen molar-refractivity contribution < 1.29 is 9.59 Å². The Morgan fingerprint density at radius 2 is 1.27 bits per heavy atom. The molecule has 1 aliphatic carbocycles. The first-order valence-corrected chi connectivity index (χ1v) is 12.6. The molecule has 0 saturated carbocycles. The lowest BCUT2D eigenvalue weighted by atomic mass is 9.91. The Morgan fingerprint density at radius 3 is 1.88 bits per heavy atom. The van der Waals surface area contributed by atoms with Crippen LogP contribution in [0.15, 0.2) is 66.7 Å². The normalized spacial score (nSPS) is 16.1. The van der Waals surface area contributed by atoms with Crippen molar-refractivity contribution >= 4 is 30.4 Å². The first kappa shape index (κ1) is 16.9. The second-order valence-corrected chi connectivity index (χ2v) is 13.5. The van der Waals surface area contributed by atoms with Crippen LogP contribution >= 0.6 is 0 Å².